The van der Waals surface area contributed by atoms with Crippen LogP contribution in [0.5, 0.6) is 0 Å². The molecular weight excluding hydrogens is 237 g/mol. The Kier molecular flexibility index (Phi) is 4.72. The third kappa shape index (κ3) is 4.40. The van der Waals surface area contributed by atoms with Crippen molar-refractivity contribution < 1.29 is 9.53 Å². The number of hydrogen-bond donors (Lipinski definition) is 1. The van der Waals surface area contributed by atoms with Crippen LogP contribution in [0, 0.1) is 6.42 Å². The molecule has 0 aliphatic rings. The number of carbonyl (C=O) groups excluding carboxylic acids is 1. The molecule has 1 amide bonds. The standard InChI is InChI=1S/C10H10Cl2NO2/c11-8-4-3-7(6-9(8)12)2-1-5-15-10(13)14/h2-4,6H,1,5H2,(H2,13,14). The summed E-state index contributed by atoms with van der Waals surface area (Å²) in [5.41, 5.74) is 5.73. The lowest BCUT2D eigenvalue weighted by Gasteiger charge is -2.03. The van der Waals surface area contributed by atoms with Crippen LogP contribution in [-0.2, 0) is 4.74 Å². The Hall–Kier alpha value is -0.930. The third-order valence-electron chi connectivity index (χ3n) is 1.69. The van der Waals surface area contributed by atoms with Crippen LogP contribution in [-0.4, -0.2) is 12.7 Å². The molecule has 0 fully saturated rings. The van der Waals surface area contributed by atoms with Gasteiger partial charge in [-0.2, -0.15) is 0 Å². The molecule has 0 aliphatic carbocycles. The zero-order valence-corrected chi connectivity index (χ0v) is 9.39. The lowest BCUT2D eigenvalue weighted by Crippen LogP contribution is -2.13. The van der Waals surface area contributed by atoms with Crippen molar-refractivity contribution in [3.05, 3.63) is 40.2 Å². The minimum absolute atomic E-state index is 0.260. The molecule has 1 radical (unpaired) electrons. The van der Waals surface area contributed by atoms with Gasteiger partial charge in [0.1, 0.15) is 0 Å². The molecule has 5 heteroatoms. The Morgan fingerprint density at radius 3 is 2.73 bits per heavy atom. The summed E-state index contributed by atoms with van der Waals surface area (Å²) in [4.78, 5) is 10.3. The maximum atomic E-state index is 10.3. The predicted octanol–water partition coefficient (Wildman–Crippen LogP) is 3.03. The van der Waals surface area contributed by atoms with Crippen LogP contribution in [0.4, 0.5) is 4.79 Å². The van der Waals surface area contributed by atoms with Crippen LogP contribution < -0.4 is 5.73 Å². The van der Waals surface area contributed by atoms with Crippen molar-refractivity contribution in [1.29, 1.82) is 0 Å². The lowest BCUT2D eigenvalue weighted by atomic mass is 10.1. The molecule has 3 nitrogen and oxygen atoms in total. The van der Waals surface area contributed by atoms with E-state index in [2.05, 4.69) is 4.74 Å². The van der Waals surface area contributed by atoms with Crippen molar-refractivity contribution in [3.8, 4) is 0 Å². The molecule has 0 spiro atoms. The summed E-state index contributed by atoms with van der Waals surface area (Å²) >= 11 is 11.6. The van der Waals surface area contributed by atoms with Gasteiger partial charge >= 0.3 is 6.09 Å². The monoisotopic (exact) mass is 246 g/mol. The Balaban J connectivity index is 2.38. The van der Waals surface area contributed by atoms with E-state index in [0.29, 0.717) is 16.5 Å². The van der Waals surface area contributed by atoms with E-state index < -0.39 is 6.09 Å². The number of rotatable bonds is 4. The first-order valence-corrected chi connectivity index (χ1v) is 5.05. The normalized spacial score (nSPS) is 10.0. The van der Waals surface area contributed by atoms with Crippen molar-refractivity contribution in [2.75, 3.05) is 6.61 Å². The Morgan fingerprint density at radius 1 is 1.40 bits per heavy atom. The summed E-state index contributed by atoms with van der Waals surface area (Å²) in [5, 5.41) is 1.02. The van der Waals surface area contributed by atoms with E-state index in [1.54, 1.807) is 12.1 Å². The topological polar surface area (TPSA) is 52.3 Å². The Morgan fingerprint density at radius 2 is 2.13 bits per heavy atom. The summed E-state index contributed by atoms with van der Waals surface area (Å²) in [6.45, 7) is 0.260. The second-order valence-electron chi connectivity index (χ2n) is 2.83. The Labute approximate surface area is 98.1 Å². The highest BCUT2D eigenvalue weighted by molar-refractivity contribution is 6.42. The minimum Gasteiger partial charge on any atom is -0.450 e. The van der Waals surface area contributed by atoms with Gasteiger partial charge in [-0.25, -0.2) is 4.79 Å². The van der Waals surface area contributed by atoms with Gasteiger partial charge in [0.15, 0.2) is 0 Å². The van der Waals surface area contributed by atoms with E-state index in [9.17, 15) is 4.79 Å². The second-order valence-corrected chi connectivity index (χ2v) is 3.65. The summed E-state index contributed by atoms with van der Waals surface area (Å²) < 4.78 is 4.57. The molecule has 81 valence electrons. The molecule has 15 heavy (non-hydrogen) atoms. The SMILES string of the molecule is NC(=O)OCC[CH]c1ccc(Cl)c(Cl)c1. The largest absolute Gasteiger partial charge is 0.450 e. The highest BCUT2D eigenvalue weighted by atomic mass is 35.5. The van der Waals surface area contributed by atoms with Crippen LogP contribution in [0.2, 0.25) is 10.0 Å². The van der Waals surface area contributed by atoms with Crippen LogP contribution >= 0.6 is 23.2 Å². The fourth-order valence-corrected chi connectivity index (χ4v) is 1.33. The number of primary amides is 1. The van der Waals surface area contributed by atoms with Gasteiger partial charge in [0.25, 0.3) is 0 Å². The third-order valence-corrected chi connectivity index (χ3v) is 2.42. The molecule has 1 aromatic carbocycles. The molecule has 0 aromatic heterocycles. The van der Waals surface area contributed by atoms with Gasteiger partial charge in [-0.15, -0.1) is 0 Å². The van der Waals surface area contributed by atoms with Crippen molar-refractivity contribution >= 4 is 29.3 Å². The molecule has 0 heterocycles. The maximum Gasteiger partial charge on any atom is 0.404 e. The number of hydrogen-bond acceptors (Lipinski definition) is 2. The van der Waals surface area contributed by atoms with E-state index >= 15 is 0 Å². The molecule has 0 bridgehead atoms. The fourth-order valence-electron chi connectivity index (χ4n) is 1.02. The van der Waals surface area contributed by atoms with E-state index in [0.717, 1.165) is 5.56 Å². The fraction of sp³-hybridized carbons (Fsp3) is 0.200. The molecule has 1 aromatic rings. The highest BCUT2D eigenvalue weighted by Gasteiger charge is 2.00. The number of benzene rings is 1. The number of halogens is 2. The number of nitrogens with two attached hydrogens (primary N) is 1. The van der Waals surface area contributed by atoms with Gasteiger partial charge in [0, 0.05) is 0 Å². The first-order valence-electron chi connectivity index (χ1n) is 4.30. The van der Waals surface area contributed by atoms with Crippen LogP contribution in [0.15, 0.2) is 18.2 Å². The van der Waals surface area contributed by atoms with E-state index in [1.807, 2.05) is 12.5 Å². The zero-order valence-electron chi connectivity index (χ0n) is 7.87. The number of amides is 1. The molecule has 1 rings (SSSR count). The molecule has 0 saturated heterocycles. The highest BCUT2D eigenvalue weighted by Crippen LogP contribution is 2.23. The van der Waals surface area contributed by atoms with Gasteiger partial charge in [0.2, 0.25) is 0 Å². The summed E-state index contributed by atoms with van der Waals surface area (Å²) in [6, 6.07) is 5.29. The van der Waals surface area contributed by atoms with E-state index in [4.69, 9.17) is 28.9 Å². The average molecular weight is 247 g/mol. The number of carbonyl (C=O) groups is 1. The first-order chi connectivity index (χ1) is 7.09. The van der Waals surface area contributed by atoms with Crippen LogP contribution in [0.3, 0.4) is 0 Å². The molecular formula is C10H10Cl2NO2. The summed E-state index contributed by atoms with van der Waals surface area (Å²) in [7, 11) is 0. The molecule has 0 aliphatic heterocycles. The lowest BCUT2D eigenvalue weighted by molar-refractivity contribution is 0.158. The van der Waals surface area contributed by atoms with Crippen molar-refractivity contribution in [2.24, 2.45) is 5.73 Å². The summed E-state index contributed by atoms with van der Waals surface area (Å²) in [5.74, 6) is 0. The van der Waals surface area contributed by atoms with Crippen LogP contribution in [0.1, 0.15) is 12.0 Å². The summed E-state index contributed by atoms with van der Waals surface area (Å²) in [6.07, 6.45) is 1.70. The van der Waals surface area contributed by atoms with Gasteiger partial charge in [0.05, 0.1) is 16.7 Å². The average Bonchev–Trinajstić information content (AvgIpc) is 2.18. The van der Waals surface area contributed by atoms with Gasteiger partial charge < -0.3 is 10.5 Å². The molecule has 0 unspecified atom stereocenters. The van der Waals surface area contributed by atoms with Gasteiger partial charge in [-0.05, 0) is 30.5 Å². The van der Waals surface area contributed by atoms with Crippen molar-refractivity contribution in [2.45, 2.75) is 6.42 Å². The van der Waals surface area contributed by atoms with Crippen molar-refractivity contribution in [3.63, 3.8) is 0 Å². The van der Waals surface area contributed by atoms with Gasteiger partial charge in [-0.1, -0.05) is 29.3 Å². The van der Waals surface area contributed by atoms with Gasteiger partial charge in [-0.3, -0.25) is 0 Å². The quantitative estimate of drug-likeness (QED) is 0.831. The maximum absolute atomic E-state index is 10.3. The van der Waals surface area contributed by atoms with E-state index in [1.165, 1.54) is 0 Å². The smallest absolute Gasteiger partial charge is 0.404 e. The van der Waals surface area contributed by atoms with Crippen LogP contribution in [0.25, 0.3) is 0 Å². The molecule has 2 N–H and O–H groups in total. The van der Waals surface area contributed by atoms with E-state index in [-0.39, 0.29) is 6.61 Å². The molecule has 0 atom stereocenters. The van der Waals surface area contributed by atoms with Crippen molar-refractivity contribution in [1.82, 2.24) is 0 Å². The first kappa shape index (κ1) is 12.1. The molecule has 0 saturated carbocycles. The second kappa shape index (κ2) is 5.83. The predicted molar refractivity (Wildman–Crippen MR) is 60.0 cm³/mol. The zero-order chi connectivity index (χ0) is 11.3. The number of ether oxygens (including phenoxy) is 1. The Bertz CT molecular complexity index is 355. The minimum atomic E-state index is -0.766.